The molecule has 0 saturated carbocycles. The van der Waals surface area contributed by atoms with E-state index < -0.39 is 0 Å². The molecule has 0 unspecified atom stereocenters. The van der Waals surface area contributed by atoms with E-state index in [-0.39, 0.29) is 5.82 Å². The summed E-state index contributed by atoms with van der Waals surface area (Å²) in [7, 11) is 0. The van der Waals surface area contributed by atoms with Gasteiger partial charge in [0.2, 0.25) is 0 Å². The van der Waals surface area contributed by atoms with E-state index in [1.165, 1.54) is 22.6 Å². The van der Waals surface area contributed by atoms with Crippen LogP contribution in [0.3, 0.4) is 0 Å². The van der Waals surface area contributed by atoms with E-state index in [1.807, 2.05) is 16.8 Å². The summed E-state index contributed by atoms with van der Waals surface area (Å²) >= 11 is 1.72. The van der Waals surface area contributed by atoms with Crippen molar-refractivity contribution in [1.82, 2.24) is 9.78 Å². The third kappa shape index (κ3) is 2.41. The third-order valence-electron chi connectivity index (χ3n) is 4.08. The molecule has 0 aliphatic carbocycles. The summed E-state index contributed by atoms with van der Waals surface area (Å²) in [5, 5.41) is 8.24. The average Bonchev–Trinajstić information content (AvgIpc) is 3.18. The van der Waals surface area contributed by atoms with Crippen molar-refractivity contribution in [2.24, 2.45) is 0 Å². The summed E-state index contributed by atoms with van der Waals surface area (Å²) in [5.41, 5.74) is 4.26. The Hall–Kier alpha value is -2.27. The van der Waals surface area contributed by atoms with Gasteiger partial charge in [-0.2, -0.15) is 5.10 Å². The lowest BCUT2D eigenvalue weighted by molar-refractivity contribution is 0.627. The number of hydrogen-bond donors (Lipinski definition) is 1. The molecule has 0 bridgehead atoms. The van der Waals surface area contributed by atoms with Gasteiger partial charge in [0.1, 0.15) is 11.6 Å². The van der Waals surface area contributed by atoms with Crippen LogP contribution in [0.2, 0.25) is 0 Å². The van der Waals surface area contributed by atoms with Crippen LogP contribution in [0, 0.1) is 5.82 Å². The van der Waals surface area contributed by atoms with Crippen LogP contribution in [-0.2, 0) is 6.42 Å². The zero-order chi connectivity index (χ0) is 15.8. The topological polar surface area (TPSA) is 29.9 Å². The van der Waals surface area contributed by atoms with Crippen molar-refractivity contribution < 1.29 is 4.39 Å². The van der Waals surface area contributed by atoms with E-state index in [2.05, 4.69) is 23.7 Å². The first-order chi connectivity index (χ1) is 11.3. The van der Waals surface area contributed by atoms with Crippen molar-refractivity contribution in [2.75, 3.05) is 18.1 Å². The molecule has 1 N–H and O–H groups in total. The van der Waals surface area contributed by atoms with Crippen LogP contribution >= 0.6 is 11.8 Å². The molecule has 1 aromatic heterocycles. The van der Waals surface area contributed by atoms with Crippen molar-refractivity contribution in [1.29, 1.82) is 0 Å². The van der Waals surface area contributed by atoms with Crippen LogP contribution in [0.4, 0.5) is 10.2 Å². The molecule has 0 amide bonds. The molecule has 3 aromatic rings. The predicted octanol–water partition coefficient (Wildman–Crippen LogP) is 4.37. The molecule has 4 rings (SSSR count). The number of anilines is 1. The van der Waals surface area contributed by atoms with Gasteiger partial charge in [-0.1, -0.05) is 18.2 Å². The first-order valence-electron chi connectivity index (χ1n) is 7.53. The number of nitrogens with zero attached hydrogens (tertiary/aromatic N) is 2. The van der Waals surface area contributed by atoms with Gasteiger partial charge in [0.25, 0.3) is 0 Å². The van der Waals surface area contributed by atoms with Crippen LogP contribution in [0.5, 0.6) is 0 Å². The lowest BCUT2D eigenvalue weighted by Gasteiger charge is -2.07. The Bertz CT molecular complexity index is 855. The average molecular weight is 325 g/mol. The van der Waals surface area contributed by atoms with Crippen molar-refractivity contribution in [3.05, 3.63) is 59.9 Å². The standard InChI is InChI=1S/C18H16FN3S/c1-23-16-5-3-2-4-14(16)17-15-10-11-20-18(15)22(21-17)13-8-6-12(19)7-9-13/h2-9,20H,10-11H2,1H3. The smallest absolute Gasteiger partial charge is 0.133 e. The molecule has 2 aromatic carbocycles. The maximum atomic E-state index is 13.2. The SMILES string of the molecule is CSc1ccccc1-c1nn(-c2ccc(F)cc2)c2c1CCN2. The van der Waals surface area contributed by atoms with Crippen LogP contribution in [0.25, 0.3) is 16.9 Å². The molecule has 0 fully saturated rings. The lowest BCUT2D eigenvalue weighted by atomic mass is 10.1. The van der Waals surface area contributed by atoms with Gasteiger partial charge < -0.3 is 5.32 Å². The number of benzene rings is 2. The van der Waals surface area contributed by atoms with Gasteiger partial charge in [-0.3, -0.25) is 0 Å². The summed E-state index contributed by atoms with van der Waals surface area (Å²) in [4.78, 5) is 1.21. The molecule has 0 spiro atoms. The molecular formula is C18H16FN3S. The molecule has 116 valence electrons. The lowest BCUT2D eigenvalue weighted by Crippen LogP contribution is -2.04. The number of thioether (sulfide) groups is 1. The van der Waals surface area contributed by atoms with Crippen molar-refractivity contribution in [2.45, 2.75) is 11.3 Å². The molecule has 0 atom stereocenters. The van der Waals surface area contributed by atoms with Gasteiger partial charge in [-0.15, -0.1) is 11.8 Å². The second-order valence-corrected chi connectivity index (χ2v) is 6.29. The highest BCUT2D eigenvalue weighted by atomic mass is 32.2. The summed E-state index contributed by atoms with van der Waals surface area (Å²) in [5.74, 6) is 0.779. The van der Waals surface area contributed by atoms with Gasteiger partial charge in [0, 0.05) is 22.6 Å². The maximum absolute atomic E-state index is 13.2. The Labute approximate surface area is 138 Å². The summed E-state index contributed by atoms with van der Waals surface area (Å²) in [6.45, 7) is 0.906. The Balaban J connectivity index is 1.90. The minimum atomic E-state index is -0.238. The number of aromatic nitrogens is 2. The van der Waals surface area contributed by atoms with Gasteiger partial charge >= 0.3 is 0 Å². The molecule has 0 saturated heterocycles. The number of halogens is 1. The normalized spacial score (nSPS) is 13.0. The Morgan fingerprint density at radius 2 is 1.91 bits per heavy atom. The monoisotopic (exact) mass is 325 g/mol. The largest absolute Gasteiger partial charge is 0.369 e. The van der Waals surface area contributed by atoms with Crippen LogP contribution in [0.1, 0.15) is 5.56 Å². The van der Waals surface area contributed by atoms with E-state index in [1.54, 1.807) is 23.9 Å². The minimum absolute atomic E-state index is 0.238. The van der Waals surface area contributed by atoms with E-state index in [0.717, 1.165) is 35.7 Å². The Kier molecular flexibility index (Phi) is 3.58. The first-order valence-corrected chi connectivity index (χ1v) is 8.75. The summed E-state index contributed by atoms with van der Waals surface area (Å²) in [6, 6.07) is 14.8. The van der Waals surface area contributed by atoms with Crippen molar-refractivity contribution in [3.8, 4) is 16.9 Å². The van der Waals surface area contributed by atoms with Gasteiger partial charge in [-0.25, -0.2) is 9.07 Å². The van der Waals surface area contributed by atoms with Gasteiger partial charge in [0.15, 0.2) is 0 Å². The van der Waals surface area contributed by atoms with Crippen LogP contribution < -0.4 is 5.32 Å². The molecule has 1 aliphatic rings. The summed E-state index contributed by atoms with van der Waals surface area (Å²) in [6.07, 6.45) is 3.03. The molecule has 0 radical (unpaired) electrons. The second kappa shape index (κ2) is 5.74. The molecule has 5 heteroatoms. The number of nitrogens with one attached hydrogen (secondary N) is 1. The number of hydrogen-bond acceptors (Lipinski definition) is 3. The zero-order valence-corrected chi connectivity index (χ0v) is 13.5. The van der Waals surface area contributed by atoms with E-state index >= 15 is 0 Å². The Morgan fingerprint density at radius 3 is 2.70 bits per heavy atom. The van der Waals surface area contributed by atoms with Crippen LogP contribution in [-0.4, -0.2) is 22.6 Å². The highest BCUT2D eigenvalue weighted by Crippen LogP contribution is 2.38. The third-order valence-corrected chi connectivity index (χ3v) is 4.88. The quantitative estimate of drug-likeness (QED) is 0.725. The Morgan fingerprint density at radius 1 is 1.13 bits per heavy atom. The molecular weight excluding hydrogens is 309 g/mol. The molecule has 1 aliphatic heterocycles. The minimum Gasteiger partial charge on any atom is -0.369 e. The first kappa shape index (κ1) is 14.3. The van der Waals surface area contributed by atoms with Gasteiger partial charge in [0.05, 0.1) is 11.4 Å². The molecule has 3 nitrogen and oxygen atoms in total. The highest BCUT2D eigenvalue weighted by Gasteiger charge is 2.24. The second-order valence-electron chi connectivity index (χ2n) is 5.44. The van der Waals surface area contributed by atoms with E-state index in [4.69, 9.17) is 5.10 Å². The fourth-order valence-electron chi connectivity index (χ4n) is 3.00. The predicted molar refractivity (Wildman–Crippen MR) is 92.9 cm³/mol. The number of fused-ring (bicyclic) bond motifs is 1. The van der Waals surface area contributed by atoms with E-state index in [0.29, 0.717) is 0 Å². The fourth-order valence-corrected chi connectivity index (χ4v) is 3.60. The molecule has 2 heterocycles. The summed E-state index contributed by atoms with van der Waals surface area (Å²) < 4.78 is 15.1. The van der Waals surface area contributed by atoms with E-state index in [9.17, 15) is 4.39 Å². The highest BCUT2D eigenvalue weighted by molar-refractivity contribution is 7.98. The van der Waals surface area contributed by atoms with Crippen LogP contribution in [0.15, 0.2) is 53.4 Å². The zero-order valence-electron chi connectivity index (χ0n) is 12.7. The number of rotatable bonds is 3. The van der Waals surface area contributed by atoms with Gasteiger partial charge in [-0.05, 0) is 43.0 Å². The van der Waals surface area contributed by atoms with Crippen molar-refractivity contribution >= 4 is 17.6 Å². The fraction of sp³-hybridized carbons (Fsp3) is 0.167. The maximum Gasteiger partial charge on any atom is 0.133 e. The van der Waals surface area contributed by atoms with Crippen molar-refractivity contribution in [3.63, 3.8) is 0 Å². The molecule has 23 heavy (non-hydrogen) atoms.